The van der Waals surface area contributed by atoms with Gasteiger partial charge in [0.05, 0.1) is 10.6 Å². The summed E-state index contributed by atoms with van der Waals surface area (Å²) < 4.78 is 23.6. The highest BCUT2D eigenvalue weighted by Gasteiger charge is 2.25. The van der Waals surface area contributed by atoms with Gasteiger partial charge in [-0.2, -0.15) is 0 Å². The Morgan fingerprint density at radius 3 is 2.46 bits per heavy atom. The Morgan fingerprint density at radius 2 is 1.79 bits per heavy atom. The van der Waals surface area contributed by atoms with E-state index in [0.29, 0.717) is 18.1 Å². The van der Waals surface area contributed by atoms with Crippen molar-refractivity contribution in [3.05, 3.63) is 61.3 Å². The normalized spacial score (nSPS) is 13.5. The molecule has 0 spiro atoms. The number of nitrogens with zero attached hydrogens (tertiary/aromatic N) is 3. The molecule has 5 nitrogen and oxygen atoms in total. The fraction of sp³-hybridized carbons (Fsp3) is 0.263. The van der Waals surface area contributed by atoms with Crippen LogP contribution >= 0.6 is 34.8 Å². The summed E-state index contributed by atoms with van der Waals surface area (Å²) in [6.45, 7) is 2.99. The molecule has 0 amide bonds. The Hall–Kier alpha value is -2.02. The summed E-state index contributed by atoms with van der Waals surface area (Å²) in [7, 11) is 0. The molecule has 1 aliphatic heterocycles. The van der Waals surface area contributed by atoms with E-state index in [1.165, 1.54) is 10.7 Å². The standard InChI is InChI=1S/C19H15Cl3FN3O2/c1-10-6-13(21)18(24-9-10)28-15-7-11(14(23)8-12(15)20)16-17(22)25-4-2-3-5-26(25)19(16)27/h6-9H,2-5H2,1H3. The quantitative estimate of drug-likeness (QED) is 0.522. The zero-order valence-electron chi connectivity index (χ0n) is 14.8. The van der Waals surface area contributed by atoms with E-state index in [-0.39, 0.29) is 38.5 Å². The summed E-state index contributed by atoms with van der Waals surface area (Å²) in [6.07, 6.45) is 3.36. The molecule has 0 N–H and O–H groups in total. The van der Waals surface area contributed by atoms with Crippen molar-refractivity contribution in [1.29, 1.82) is 0 Å². The molecule has 0 atom stereocenters. The van der Waals surface area contributed by atoms with Crippen LogP contribution in [0.25, 0.3) is 11.1 Å². The molecule has 146 valence electrons. The van der Waals surface area contributed by atoms with Crippen LogP contribution in [0.1, 0.15) is 18.4 Å². The number of hydrogen-bond acceptors (Lipinski definition) is 3. The van der Waals surface area contributed by atoms with Crippen LogP contribution in [-0.2, 0) is 13.1 Å². The number of fused-ring (bicyclic) bond motifs is 1. The van der Waals surface area contributed by atoms with E-state index < -0.39 is 5.82 Å². The van der Waals surface area contributed by atoms with Gasteiger partial charge in [-0.3, -0.25) is 9.48 Å². The maximum absolute atomic E-state index is 14.7. The van der Waals surface area contributed by atoms with Crippen molar-refractivity contribution in [2.75, 3.05) is 0 Å². The number of hydrogen-bond donors (Lipinski definition) is 0. The Balaban J connectivity index is 1.83. The lowest BCUT2D eigenvalue weighted by molar-refractivity contribution is 0.356. The summed E-state index contributed by atoms with van der Waals surface area (Å²) in [5.41, 5.74) is 0.628. The van der Waals surface area contributed by atoms with Crippen molar-refractivity contribution >= 4 is 34.8 Å². The third-order valence-electron chi connectivity index (χ3n) is 4.60. The number of benzene rings is 1. The van der Waals surface area contributed by atoms with Gasteiger partial charge in [-0.25, -0.2) is 14.1 Å². The monoisotopic (exact) mass is 441 g/mol. The molecule has 0 saturated heterocycles. The van der Waals surface area contributed by atoms with Gasteiger partial charge in [0.25, 0.3) is 5.56 Å². The molecule has 0 aliphatic carbocycles. The Bertz CT molecular complexity index is 1140. The van der Waals surface area contributed by atoms with Crippen LogP contribution in [-0.4, -0.2) is 14.3 Å². The van der Waals surface area contributed by atoms with Crippen molar-refractivity contribution < 1.29 is 9.13 Å². The van der Waals surface area contributed by atoms with Gasteiger partial charge in [-0.05, 0) is 43.5 Å². The Labute approximate surface area is 175 Å². The smallest absolute Gasteiger partial charge is 0.276 e. The van der Waals surface area contributed by atoms with Crippen LogP contribution < -0.4 is 10.3 Å². The van der Waals surface area contributed by atoms with Crippen molar-refractivity contribution in [3.8, 4) is 22.8 Å². The van der Waals surface area contributed by atoms with Gasteiger partial charge in [0.2, 0.25) is 5.88 Å². The minimum atomic E-state index is -0.664. The lowest BCUT2D eigenvalue weighted by Crippen LogP contribution is -2.27. The van der Waals surface area contributed by atoms with Crippen molar-refractivity contribution in [1.82, 2.24) is 14.3 Å². The molecule has 3 heterocycles. The summed E-state index contributed by atoms with van der Waals surface area (Å²) in [5, 5.41) is 0.516. The molecule has 1 aromatic carbocycles. The van der Waals surface area contributed by atoms with E-state index >= 15 is 0 Å². The van der Waals surface area contributed by atoms with Crippen molar-refractivity contribution in [2.45, 2.75) is 32.9 Å². The zero-order chi connectivity index (χ0) is 20.0. The minimum Gasteiger partial charge on any atom is -0.436 e. The average Bonchev–Trinajstić information content (AvgIpc) is 2.91. The van der Waals surface area contributed by atoms with Gasteiger partial charge in [-0.1, -0.05) is 34.8 Å². The average molecular weight is 443 g/mol. The fourth-order valence-electron chi connectivity index (χ4n) is 3.25. The number of rotatable bonds is 3. The first-order valence-corrected chi connectivity index (χ1v) is 9.78. The first-order chi connectivity index (χ1) is 13.4. The van der Waals surface area contributed by atoms with Crippen LogP contribution in [0, 0.1) is 12.7 Å². The van der Waals surface area contributed by atoms with Gasteiger partial charge in [0.15, 0.2) is 0 Å². The van der Waals surface area contributed by atoms with Crippen LogP contribution in [0.2, 0.25) is 15.2 Å². The van der Waals surface area contributed by atoms with E-state index in [1.54, 1.807) is 16.9 Å². The van der Waals surface area contributed by atoms with Gasteiger partial charge in [0.1, 0.15) is 21.7 Å². The van der Waals surface area contributed by atoms with E-state index in [2.05, 4.69) is 4.98 Å². The lowest BCUT2D eigenvalue weighted by Gasteiger charge is -2.17. The maximum atomic E-state index is 14.7. The molecule has 28 heavy (non-hydrogen) atoms. The second kappa shape index (κ2) is 7.43. The molecule has 0 radical (unpaired) electrons. The molecule has 0 unspecified atom stereocenters. The number of aromatic nitrogens is 3. The van der Waals surface area contributed by atoms with Crippen molar-refractivity contribution in [3.63, 3.8) is 0 Å². The van der Waals surface area contributed by atoms with Crippen LogP contribution in [0.5, 0.6) is 11.6 Å². The second-order valence-electron chi connectivity index (χ2n) is 6.59. The van der Waals surface area contributed by atoms with E-state index in [1.807, 2.05) is 6.92 Å². The Kier molecular flexibility index (Phi) is 5.12. The molecular weight excluding hydrogens is 428 g/mol. The molecule has 0 bridgehead atoms. The topological polar surface area (TPSA) is 49.0 Å². The lowest BCUT2D eigenvalue weighted by atomic mass is 10.1. The van der Waals surface area contributed by atoms with E-state index in [0.717, 1.165) is 24.5 Å². The van der Waals surface area contributed by atoms with Crippen LogP contribution in [0.3, 0.4) is 0 Å². The van der Waals surface area contributed by atoms with Gasteiger partial charge >= 0.3 is 0 Å². The largest absolute Gasteiger partial charge is 0.436 e. The van der Waals surface area contributed by atoms with Crippen LogP contribution in [0.4, 0.5) is 4.39 Å². The van der Waals surface area contributed by atoms with Gasteiger partial charge in [-0.15, -0.1) is 0 Å². The van der Waals surface area contributed by atoms with Crippen LogP contribution in [0.15, 0.2) is 29.2 Å². The SMILES string of the molecule is Cc1cnc(Oc2cc(-c3c(Cl)n4n(c3=O)CCCC4)c(F)cc2Cl)c(Cl)c1. The molecule has 0 saturated carbocycles. The number of aryl methyl sites for hydroxylation is 1. The number of halogens is 4. The number of pyridine rings is 1. The Morgan fingerprint density at radius 1 is 1.07 bits per heavy atom. The van der Waals surface area contributed by atoms with Crippen molar-refractivity contribution in [2.24, 2.45) is 0 Å². The van der Waals surface area contributed by atoms with Gasteiger partial charge < -0.3 is 4.74 Å². The maximum Gasteiger partial charge on any atom is 0.276 e. The molecule has 9 heteroatoms. The summed E-state index contributed by atoms with van der Waals surface area (Å²) in [5.74, 6) is -0.408. The third kappa shape index (κ3) is 3.30. The number of ether oxygens (including phenoxy) is 1. The molecule has 2 aromatic heterocycles. The highest BCUT2D eigenvalue weighted by Crippen LogP contribution is 2.38. The predicted molar refractivity (Wildman–Crippen MR) is 107 cm³/mol. The van der Waals surface area contributed by atoms with Gasteiger partial charge in [0, 0.05) is 24.8 Å². The predicted octanol–water partition coefficient (Wildman–Crippen LogP) is 5.71. The molecule has 3 aromatic rings. The first-order valence-electron chi connectivity index (χ1n) is 8.65. The summed E-state index contributed by atoms with van der Waals surface area (Å²) in [6, 6.07) is 4.13. The summed E-state index contributed by atoms with van der Waals surface area (Å²) >= 11 is 18.7. The highest BCUT2D eigenvalue weighted by molar-refractivity contribution is 6.33. The van der Waals surface area contributed by atoms with E-state index in [9.17, 15) is 9.18 Å². The summed E-state index contributed by atoms with van der Waals surface area (Å²) in [4.78, 5) is 16.9. The zero-order valence-corrected chi connectivity index (χ0v) is 17.1. The third-order valence-corrected chi connectivity index (χ3v) is 5.55. The first kappa shape index (κ1) is 19.3. The molecule has 0 fully saturated rings. The minimum absolute atomic E-state index is 0.0204. The fourth-order valence-corrected chi connectivity index (χ4v) is 4.06. The molecule has 1 aliphatic rings. The van der Waals surface area contributed by atoms with E-state index in [4.69, 9.17) is 39.5 Å². The second-order valence-corrected chi connectivity index (χ2v) is 7.76. The molecule has 4 rings (SSSR count). The molecular formula is C19H15Cl3FN3O2. The highest BCUT2D eigenvalue weighted by atomic mass is 35.5.